The fourth-order valence-electron chi connectivity index (χ4n) is 1.37. The van der Waals surface area contributed by atoms with Gasteiger partial charge in [-0.3, -0.25) is 0 Å². The second-order valence-corrected chi connectivity index (χ2v) is 7.07. The summed E-state index contributed by atoms with van der Waals surface area (Å²) in [7, 11) is -1.31. The molecule has 1 aromatic carbocycles. The molecule has 1 atom stereocenters. The summed E-state index contributed by atoms with van der Waals surface area (Å²) < 4.78 is 20.3. The van der Waals surface area contributed by atoms with E-state index in [2.05, 4.69) is 14.6 Å². The Labute approximate surface area is 118 Å². The van der Waals surface area contributed by atoms with Crippen molar-refractivity contribution in [3.63, 3.8) is 0 Å². The minimum atomic E-state index is -1.31. The van der Waals surface area contributed by atoms with Crippen LogP contribution in [-0.2, 0) is 11.0 Å². The van der Waals surface area contributed by atoms with Crippen molar-refractivity contribution < 1.29 is 8.63 Å². The van der Waals surface area contributed by atoms with Gasteiger partial charge in [-0.15, -0.1) is 5.10 Å². The van der Waals surface area contributed by atoms with Crippen LogP contribution in [-0.4, -0.2) is 25.4 Å². The number of H-pyrrole nitrogens is 1. The van der Waals surface area contributed by atoms with Crippen molar-refractivity contribution in [1.82, 2.24) is 10.2 Å². The summed E-state index contributed by atoms with van der Waals surface area (Å²) in [5.74, 6) is -0.393. The van der Waals surface area contributed by atoms with E-state index in [9.17, 15) is 9.00 Å². The molecule has 1 aromatic heterocycles. The molecule has 0 radical (unpaired) electrons. The lowest BCUT2D eigenvalue weighted by Crippen LogP contribution is -2.19. The number of aromatic nitrogens is 2. The van der Waals surface area contributed by atoms with Gasteiger partial charge < -0.3 is 4.42 Å². The predicted molar refractivity (Wildman–Crippen MR) is 78.0 cm³/mol. The summed E-state index contributed by atoms with van der Waals surface area (Å²) in [4.78, 5) is 10.9. The molecular formula is C13H15N3O3S. The monoisotopic (exact) mass is 293 g/mol. The van der Waals surface area contributed by atoms with E-state index in [1.54, 1.807) is 18.2 Å². The highest BCUT2D eigenvalue weighted by Crippen LogP contribution is 2.16. The van der Waals surface area contributed by atoms with Crippen LogP contribution in [0.3, 0.4) is 0 Å². The highest BCUT2D eigenvalue weighted by molar-refractivity contribution is 7.85. The van der Waals surface area contributed by atoms with Gasteiger partial charge in [-0.25, -0.2) is 14.1 Å². The Morgan fingerprint density at radius 2 is 2.15 bits per heavy atom. The molecule has 2 aromatic rings. The molecule has 0 aliphatic heterocycles. The molecule has 1 heterocycles. The minimum absolute atomic E-state index is 0.210. The maximum absolute atomic E-state index is 11.8. The van der Waals surface area contributed by atoms with E-state index in [-0.39, 0.29) is 5.89 Å². The van der Waals surface area contributed by atoms with Crippen LogP contribution in [0.1, 0.15) is 26.3 Å². The molecule has 0 fully saturated rings. The molecule has 0 saturated carbocycles. The Balaban J connectivity index is 2.25. The Hall–Kier alpha value is -2.02. The first-order chi connectivity index (χ1) is 9.36. The highest BCUT2D eigenvalue weighted by atomic mass is 32.2. The molecule has 0 saturated heterocycles. The fraction of sp³-hybridized carbons (Fsp3) is 0.308. The summed E-state index contributed by atoms with van der Waals surface area (Å²) in [6.07, 6.45) is 1.54. The maximum atomic E-state index is 11.8. The van der Waals surface area contributed by atoms with E-state index in [0.29, 0.717) is 5.56 Å². The first kappa shape index (κ1) is 14.4. The normalized spacial score (nSPS) is 13.8. The predicted octanol–water partition coefficient (Wildman–Crippen LogP) is 1.91. The third kappa shape index (κ3) is 3.51. The Morgan fingerprint density at radius 1 is 1.40 bits per heavy atom. The van der Waals surface area contributed by atoms with E-state index < -0.39 is 21.5 Å². The van der Waals surface area contributed by atoms with Crippen molar-refractivity contribution in [2.45, 2.75) is 25.5 Å². The molecule has 1 N–H and O–H groups in total. The summed E-state index contributed by atoms with van der Waals surface area (Å²) in [5.41, 5.74) is 1.40. The number of nitrogens with zero attached hydrogens (tertiary/aromatic N) is 2. The Bertz CT molecular complexity index is 710. The van der Waals surface area contributed by atoms with Gasteiger partial charge in [-0.05, 0) is 38.5 Å². The van der Waals surface area contributed by atoms with Gasteiger partial charge in [-0.2, -0.15) is 4.40 Å². The minimum Gasteiger partial charge on any atom is -0.388 e. The average molecular weight is 293 g/mol. The second kappa shape index (κ2) is 5.54. The van der Waals surface area contributed by atoms with Gasteiger partial charge in [0.1, 0.15) is 11.0 Å². The highest BCUT2D eigenvalue weighted by Gasteiger charge is 2.18. The van der Waals surface area contributed by atoms with Gasteiger partial charge in [0.05, 0.1) is 4.75 Å². The Kier molecular flexibility index (Phi) is 3.99. The number of hydrogen-bond acceptors (Lipinski definition) is 4. The van der Waals surface area contributed by atoms with Crippen molar-refractivity contribution in [2.75, 3.05) is 0 Å². The number of hydrogen-bond donors (Lipinski definition) is 1. The summed E-state index contributed by atoms with van der Waals surface area (Å²) in [5, 5.41) is 5.96. The van der Waals surface area contributed by atoms with Gasteiger partial charge in [0.15, 0.2) is 0 Å². The van der Waals surface area contributed by atoms with E-state index in [1.165, 1.54) is 6.21 Å². The van der Waals surface area contributed by atoms with Crippen molar-refractivity contribution in [2.24, 2.45) is 4.40 Å². The lowest BCUT2D eigenvalue weighted by atomic mass is 10.1. The first-order valence-corrected chi connectivity index (χ1v) is 7.09. The average Bonchev–Trinajstić information content (AvgIpc) is 2.82. The van der Waals surface area contributed by atoms with Gasteiger partial charge in [-0.1, -0.05) is 12.1 Å². The molecule has 6 nitrogen and oxygen atoms in total. The number of benzene rings is 1. The van der Waals surface area contributed by atoms with Crippen molar-refractivity contribution in [3.05, 3.63) is 40.4 Å². The van der Waals surface area contributed by atoms with Gasteiger partial charge in [0, 0.05) is 11.8 Å². The van der Waals surface area contributed by atoms with Gasteiger partial charge in [0.2, 0.25) is 5.89 Å². The largest absolute Gasteiger partial charge is 0.434 e. The second-order valence-electron chi connectivity index (χ2n) is 5.14. The van der Waals surface area contributed by atoms with Crippen molar-refractivity contribution in [1.29, 1.82) is 0 Å². The summed E-state index contributed by atoms with van der Waals surface area (Å²) >= 11 is 0. The quantitative estimate of drug-likeness (QED) is 0.875. The topological polar surface area (TPSA) is 88.3 Å². The zero-order valence-corrected chi connectivity index (χ0v) is 12.2. The number of rotatable bonds is 3. The maximum Gasteiger partial charge on any atom is 0.434 e. The van der Waals surface area contributed by atoms with Crippen LogP contribution in [0.25, 0.3) is 11.5 Å². The van der Waals surface area contributed by atoms with E-state index in [1.807, 2.05) is 26.8 Å². The fourth-order valence-corrected chi connectivity index (χ4v) is 1.91. The third-order valence-corrected chi connectivity index (χ3v) is 3.74. The van der Waals surface area contributed by atoms with E-state index in [0.717, 1.165) is 5.56 Å². The summed E-state index contributed by atoms with van der Waals surface area (Å²) in [6, 6.07) is 7.11. The molecule has 7 heteroatoms. The Morgan fingerprint density at radius 3 is 2.75 bits per heavy atom. The van der Waals surface area contributed by atoms with Crippen LogP contribution < -0.4 is 5.76 Å². The van der Waals surface area contributed by atoms with E-state index in [4.69, 9.17) is 4.42 Å². The van der Waals surface area contributed by atoms with Crippen LogP contribution in [0.2, 0.25) is 0 Å². The van der Waals surface area contributed by atoms with Gasteiger partial charge in [0.25, 0.3) is 0 Å². The standard InChI is InChI=1S/C13H15N3O3S/c1-13(2,3)20(18)14-8-9-5-4-6-10(7-9)11-15-16-12(17)19-11/h4-8H,1-3H3,(H,16,17). The lowest BCUT2D eigenvalue weighted by Gasteiger charge is -2.12. The number of aromatic amines is 1. The van der Waals surface area contributed by atoms with Crippen LogP contribution in [0, 0.1) is 0 Å². The first-order valence-electron chi connectivity index (χ1n) is 5.98. The molecule has 20 heavy (non-hydrogen) atoms. The molecule has 1 unspecified atom stereocenters. The van der Waals surface area contributed by atoms with Crippen LogP contribution in [0.4, 0.5) is 0 Å². The smallest absolute Gasteiger partial charge is 0.388 e. The van der Waals surface area contributed by atoms with Gasteiger partial charge >= 0.3 is 5.76 Å². The SMILES string of the molecule is CC(C)(C)S(=O)N=Cc1cccc(-c2n[nH]c(=O)o2)c1. The molecular weight excluding hydrogens is 278 g/mol. The summed E-state index contributed by atoms with van der Waals surface area (Å²) in [6.45, 7) is 5.57. The molecule has 0 aliphatic carbocycles. The zero-order valence-electron chi connectivity index (χ0n) is 11.4. The number of nitrogens with one attached hydrogen (secondary N) is 1. The lowest BCUT2D eigenvalue weighted by molar-refractivity contribution is 0.527. The third-order valence-electron chi connectivity index (χ3n) is 2.39. The molecule has 106 valence electrons. The zero-order chi connectivity index (χ0) is 14.8. The van der Waals surface area contributed by atoms with Crippen LogP contribution in [0.5, 0.6) is 0 Å². The van der Waals surface area contributed by atoms with Crippen LogP contribution >= 0.6 is 0 Å². The molecule has 0 amide bonds. The van der Waals surface area contributed by atoms with Crippen molar-refractivity contribution >= 4 is 17.2 Å². The van der Waals surface area contributed by atoms with Crippen molar-refractivity contribution in [3.8, 4) is 11.5 Å². The molecule has 2 rings (SSSR count). The van der Waals surface area contributed by atoms with E-state index >= 15 is 0 Å². The molecule has 0 aliphatic rings. The molecule has 0 bridgehead atoms. The van der Waals surface area contributed by atoms with Crippen LogP contribution in [0.15, 0.2) is 37.9 Å². The molecule has 0 spiro atoms.